The molecule has 0 unspecified atom stereocenters. The summed E-state index contributed by atoms with van der Waals surface area (Å²) in [6.07, 6.45) is 0. The van der Waals surface area contributed by atoms with E-state index in [0.717, 1.165) is 0 Å². The molecule has 0 amide bonds. The molecular weight excluding hydrogens is 183 g/mol. The monoisotopic (exact) mass is 192 g/mol. The second-order valence-corrected chi connectivity index (χ2v) is 3.80. The van der Waals surface area contributed by atoms with Crippen molar-refractivity contribution in [3.05, 3.63) is 60.7 Å². The number of rotatable bonds is 2. The zero-order valence-corrected chi connectivity index (χ0v) is 8.92. The Bertz CT molecular complexity index is 321. The Balaban J connectivity index is 0.000000980. The minimum absolute atomic E-state index is 0. The van der Waals surface area contributed by atoms with Gasteiger partial charge in [0.2, 0.25) is 0 Å². The molecule has 0 bridgehead atoms. The largest absolute Gasteiger partial charge is 1.00 e. The first kappa shape index (κ1) is 11.5. The van der Waals surface area contributed by atoms with Crippen molar-refractivity contribution >= 4 is 11.8 Å². The van der Waals surface area contributed by atoms with Gasteiger partial charge in [-0.1, -0.05) is 23.1 Å². The molecule has 2 rings (SSSR count). The van der Waals surface area contributed by atoms with Crippen molar-refractivity contribution in [2.75, 3.05) is 0 Å². The normalized spacial score (nSPS) is 9.14. The third kappa shape index (κ3) is 3.27. The van der Waals surface area contributed by atoms with Crippen molar-refractivity contribution in [3.63, 3.8) is 0 Å². The summed E-state index contributed by atoms with van der Waals surface area (Å²) in [5, 5.41) is 0. The van der Waals surface area contributed by atoms with E-state index in [0.29, 0.717) is 0 Å². The topological polar surface area (TPSA) is 0 Å². The fourth-order valence-electron chi connectivity index (χ4n) is 1.06. The second-order valence-electron chi connectivity index (χ2n) is 2.65. The standard InChI is InChI=1S/C12H9S.Li/c1-3-7-11(8-4-1)13-12-9-5-2-6-10-12;/h1,3-10H;/q-1;+1. The Kier molecular flexibility index (Phi) is 4.90. The molecule has 2 aromatic rings. The second kappa shape index (κ2) is 5.98. The first-order chi connectivity index (χ1) is 6.45. The molecule has 0 aliphatic carbocycles. The van der Waals surface area contributed by atoms with E-state index >= 15 is 0 Å². The van der Waals surface area contributed by atoms with Gasteiger partial charge in [0.25, 0.3) is 0 Å². The first-order valence-electron chi connectivity index (χ1n) is 4.14. The van der Waals surface area contributed by atoms with Crippen LogP contribution in [0.25, 0.3) is 0 Å². The molecule has 0 fully saturated rings. The van der Waals surface area contributed by atoms with Crippen molar-refractivity contribution in [2.45, 2.75) is 9.79 Å². The molecule has 64 valence electrons. The van der Waals surface area contributed by atoms with E-state index in [1.165, 1.54) is 9.79 Å². The third-order valence-electron chi connectivity index (χ3n) is 1.67. The predicted molar refractivity (Wildman–Crippen MR) is 55.8 cm³/mol. The molecule has 0 aliphatic heterocycles. The summed E-state index contributed by atoms with van der Waals surface area (Å²) in [4.78, 5) is 2.53. The van der Waals surface area contributed by atoms with Crippen LogP contribution in [-0.2, 0) is 0 Å². The number of hydrogen-bond donors (Lipinski definition) is 0. The summed E-state index contributed by atoms with van der Waals surface area (Å²) in [6.45, 7) is 0. The summed E-state index contributed by atoms with van der Waals surface area (Å²) >= 11 is 1.77. The maximum Gasteiger partial charge on any atom is 1.00 e. The van der Waals surface area contributed by atoms with Gasteiger partial charge in [0.15, 0.2) is 0 Å². The van der Waals surface area contributed by atoms with Gasteiger partial charge in [-0.15, -0.1) is 11.8 Å². The maximum absolute atomic E-state index is 3.01. The van der Waals surface area contributed by atoms with Crippen LogP contribution in [-0.4, -0.2) is 0 Å². The van der Waals surface area contributed by atoms with Crippen molar-refractivity contribution in [1.29, 1.82) is 0 Å². The van der Waals surface area contributed by atoms with Crippen LogP contribution in [0.3, 0.4) is 0 Å². The van der Waals surface area contributed by atoms with Gasteiger partial charge in [0.1, 0.15) is 0 Å². The van der Waals surface area contributed by atoms with E-state index in [1.54, 1.807) is 11.8 Å². The van der Waals surface area contributed by atoms with Gasteiger partial charge >= 0.3 is 18.9 Å². The van der Waals surface area contributed by atoms with Crippen LogP contribution >= 0.6 is 11.8 Å². The van der Waals surface area contributed by atoms with E-state index in [1.807, 2.05) is 18.2 Å². The molecule has 0 spiro atoms. The van der Waals surface area contributed by atoms with Crippen LogP contribution in [0.15, 0.2) is 64.4 Å². The minimum Gasteiger partial charge on any atom is -0.184 e. The molecule has 2 aromatic carbocycles. The fourth-order valence-corrected chi connectivity index (χ4v) is 1.90. The van der Waals surface area contributed by atoms with Crippen molar-refractivity contribution in [2.24, 2.45) is 0 Å². The summed E-state index contributed by atoms with van der Waals surface area (Å²) in [7, 11) is 0. The van der Waals surface area contributed by atoms with E-state index < -0.39 is 0 Å². The van der Waals surface area contributed by atoms with E-state index in [4.69, 9.17) is 0 Å². The average molecular weight is 192 g/mol. The first-order valence-corrected chi connectivity index (χ1v) is 4.96. The fraction of sp³-hybridized carbons (Fsp3) is 0. The molecule has 0 saturated heterocycles. The number of hydrogen-bond acceptors (Lipinski definition) is 1. The van der Waals surface area contributed by atoms with Crippen LogP contribution in [0, 0.1) is 6.07 Å². The summed E-state index contributed by atoms with van der Waals surface area (Å²) < 4.78 is 0. The Morgan fingerprint density at radius 3 is 2.00 bits per heavy atom. The smallest absolute Gasteiger partial charge is 0.184 e. The van der Waals surface area contributed by atoms with Crippen molar-refractivity contribution in [1.82, 2.24) is 0 Å². The SMILES string of the molecule is [Li+].[c-]1ccc(Sc2ccccc2)cc1. The molecule has 2 heteroatoms. The van der Waals surface area contributed by atoms with Crippen LogP contribution in [0.5, 0.6) is 0 Å². The third-order valence-corrected chi connectivity index (χ3v) is 2.68. The van der Waals surface area contributed by atoms with E-state index in [-0.39, 0.29) is 18.9 Å². The van der Waals surface area contributed by atoms with E-state index in [9.17, 15) is 0 Å². The van der Waals surface area contributed by atoms with Crippen LogP contribution in [0.2, 0.25) is 0 Å². The molecule has 0 aromatic heterocycles. The summed E-state index contributed by atoms with van der Waals surface area (Å²) in [5.41, 5.74) is 0. The van der Waals surface area contributed by atoms with Gasteiger partial charge in [-0.25, -0.2) is 0 Å². The Labute approximate surface area is 101 Å². The zero-order valence-electron chi connectivity index (χ0n) is 8.10. The van der Waals surface area contributed by atoms with Gasteiger partial charge in [-0.3, -0.25) is 0 Å². The Hall–Kier alpha value is -0.613. The molecule has 0 heterocycles. The summed E-state index contributed by atoms with van der Waals surface area (Å²) in [5.74, 6) is 0. The van der Waals surface area contributed by atoms with Crippen molar-refractivity contribution in [3.8, 4) is 0 Å². The summed E-state index contributed by atoms with van der Waals surface area (Å²) in [6, 6.07) is 21.4. The van der Waals surface area contributed by atoms with Gasteiger partial charge < -0.3 is 0 Å². The molecule has 0 aliphatic rings. The van der Waals surface area contributed by atoms with Crippen LogP contribution in [0.4, 0.5) is 0 Å². The van der Waals surface area contributed by atoms with Crippen molar-refractivity contribution < 1.29 is 18.9 Å². The maximum atomic E-state index is 3.01. The predicted octanol–water partition coefficient (Wildman–Crippen LogP) is 0.642. The van der Waals surface area contributed by atoms with Crippen LogP contribution < -0.4 is 18.9 Å². The van der Waals surface area contributed by atoms with E-state index in [2.05, 4.69) is 42.5 Å². The molecule has 14 heavy (non-hydrogen) atoms. The Morgan fingerprint density at radius 2 is 1.36 bits per heavy atom. The van der Waals surface area contributed by atoms with Gasteiger partial charge in [-0.2, -0.15) is 30.3 Å². The minimum atomic E-state index is 0. The quantitative estimate of drug-likeness (QED) is 0.497. The van der Waals surface area contributed by atoms with Gasteiger partial charge in [0.05, 0.1) is 0 Å². The van der Waals surface area contributed by atoms with Crippen LogP contribution in [0.1, 0.15) is 0 Å². The Morgan fingerprint density at radius 1 is 0.786 bits per heavy atom. The molecular formula is C12H9LiS. The molecule has 0 saturated carbocycles. The molecule has 0 atom stereocenters. The zero-order chi connectivity index (χ0) is 8.93. The molecule has 0 N–H and O–H groups in total. The molecule has 0 nitrogen and oxygen atoms in total. The van der Waals surface area contributed by atoms with Gasteiger partial charge in [-0.05, 0) is 12.1 Å². The average Bonchev–Trinajstić information content (AvgIpc) is 2.21. The molecule has 0 radical (unpaired) electrons. The van der Waals surface area contributed by atoms with Gasteiger partial charge in [0, 0.05) is 4.90 Å². The number of benzene rings is 2.